The molecule has 0 saturated carbocycles. The molecule has 0 unspecified atom stereocenters. The van der Waals surface area contributed by atoms with Crippen molar-refractivity contribution in [1.82, 2.24) is 0 Å². The molecule has 0 amide bonds. The molecule has 3 nitrogen and oxygen atoms in total. The molecule has 0 aliphatic carbocycles. The van der Waals surface area contributed by atoms with Gasteiger partial charge in [0, 0.05) is 10.7 Å². The molecule has 0 saturated heterocycles. The van der Waals surface area contributed by atoms with Crippen LogP contribution >= 0.6 is 67.8 Å². The summed E-state index contributed by atoms with van der Waals surface area (Å²) in [7, 11) is -0.0494. The molecule has 4 rings (SSSR count). The van der Waals surface area contributed by atoms with Gasteiger partial charge in [-0.3, -0.25) is 0 Å². The normalized spacial score (nSPS) is 10.4. The Kier molecular flexibility index (Phi) is 9.68. The van der Waals surface area contributed by atoms with Crippen LogP contribution < -0.4 is 5.11 Å². The van der Waals surface area contributed by atoms with Crippen molar-refractivity contribution in [2.45, 2.75) is 14.7 Å². The van der Waals surface area contributed by atoms with Crippen molar-refractivity contribution >= 4 is 84.6 Å². The van der Waals surface area contributed by atoms with Crippen LogP contribution in [0.5, 0.6) is 5.75 Å². The van der Waals surface area contributed by atoms with E-state index in [1.807, 2.05) is 0 Å². The average molecular weight is 778 g/mol. The van der Waals surface area contributed by atoms with E-state index in [2.05, 4.69) is 141 Å². The lowest BCUT2D eigenvalue weighted by Gasteiger charge is -2.08. The van der Waals surface area contributed by atoms with Gasteiger partial charge < -0.3 is 10.2 Å². The SMILES string of the molecule is Ic1ccc([S+](c2ccc(I)cc2)c2ccc(I)cc2)cc1.O=C(O)c1ccccc1[O-]. The van der Waals surface area contributed by atoms with Gasteiger partial charge in [0.2, 0.25) is 0 Å². The second kappa shape index (κ2) is 12.2. The Morgan fingerprint density at radius 2 is 0.969 bits per heavy atom. The second-order valence-electron chi connectivity index (χ2n) is 6.47. The highest BCUT2D eigenvalue weighted by Gasteiger charge is 2.28. The Morgan fingerprint density at radius 1 is 0.625 bits per heavy atom. The smallest absolute Gasteiger partial charge is 0.335 e. The largest absolute Gasteiger partial charge is 0.872 e. The lowest BCUT2D eigenvalue weighted by atomic mass is 10.2. The Labute approximate surface area is 231 Å². The summed E-state index contributed by atoms with van der Waals surface area (Å²) in [6.07, 6.45) is 0. The van der Waals surface area contributed by atoms with Gasteiger partial charge in [0.25, 0.3) is 0 Å². The summed E-state index contributed by atoms with van der Waals surface area (Å²) in [6.45, 7) is 0. The van der Waals surface area contributed by atoms with Gasteiger partial charge >= 0.3 is 5.97 Å². The third-order valence-corrected chi connectivity index (χ3v) is 8.65. The number of carboxylic acids is 1. The highest BCUT2D eigenvalue weighted by molar-refractivity contribution is 14.1. The molecule has 0 radical (unpaired) electrons. The first-order chi connectivity index (χ1) is 15.3. The third kappa shape index (κ3) is 7.09. The predicted octanol–water partition coefficient (Wildman–Crippen LogP) is 7.05. The van der Waals surface area contributed by atoms with E-state index in [4.69, 9.17) is 5.11 Å². The van der Waals surface area contributed by atoms with Crippen LogP contribution in [0.2, 0.25) is 0 Å². The number of hydrogen-bond acceptors (Lipinski definition) is 2. The summed E-state index contributed by atoms with van der Waals surface area (Å²) in [5.41, 5.74) is -0.178. The zero-order valence-electron chi connectivity index (χ0n) is 16.5. The van der Waals surface area contributed by atoms with Crippen molar-refractivity contribution in [3.8, 4) is 5.75 Å². The van der Waals surface area contributed by atoms with Crippen molar-refractivity contribution < 1.29 is 15.0 Å². The van der Waals surface area contributed by atoms with Gasteiger partial charge in [-0.25, -0.2) is 4.79 Å². The number of hydrogen-bond donors (Lipinski definition) is 1. The number of halogens is 3. The fourth-order valence-electron chi connectivity index (χ4n) is 2.76. The molecule has 7 heteroatoms. The van der Waals surface area contributed by atoms with Crippen molar-refractivity contribution in [2.24, 2.45) is 0 Å². The molecule has 0 aliphatic heterocycles. The average Bonchev–Trinajstić information content (AvgIpc) is 2.78. The number of carboxylic acid groups (broad SMARTS) is 1. The quantitative estimate of drug-likeness (QED) is 0.179. The van der Waals surface area contributed by atoms with Crippen molar-refractivity contribution in [3.63, 3.8) is 0 Å². The van der Waals surface area contributed by atoms with Gasteiger partial charge in [0.05, 0.1) is 16.5 Å². The minimum Gasteiger partial charge on any atom is -0.872 e. The lowest BCUT2D eigenvalue weighted by molar-refractivity contribution is -0.268. The van der Waals surface area contributed by atoms with Crippen molar-refractivity contribution in [2.75, 3.05) is 0 Å². The number of aromatic carboxylic acids is 1. The molecule has 0 aliphatic rings. The minimum atomic E-state index is -1.18. The predicted molar refractivity (Wildman–Crippen MR) is 152 cm³/mol. The molecule has 162 valence electrons. The van der Waals surface area contributed by atoms with Crippen LogP contribution in [0.3, 0.4) is 0 Å². The first kappa shape index (κ1) is 25.3. The van der Waals surface area contributed by atoms with Gasteiger partial charge in [-0.1, -0.05) is 23.9 Å². The number of para-hydroxylation sites is 1. The van der Waals surface area contributed by atoms with Crippen LogP contribution in [-0.4, -0.2) is 11.1 Å². The van der Waals surface area contributed by atoms with E-state index in [1.54, 1.807) is 0 Å². The summed E-state index contributed by atoms with van der Waals surface area (Å²) < 4.78 is 3.82. The first-order valence-electron chi connectivity index (χ1n) is 9.35. The number of rotatable bonds is 4. The summed E-state index contributed by atoms with van der Waals surface area (Å²) >= 11 is 7.08. The highest BCUT2D eigenvalue weighted by atomic mass is 127. The molecule has 32 heavy (non-hydrogen) atoms. The van der Waals surface area contributed by atoms with Crippen LogP contribution in [-0.2, 0) is 10.9 Å². The van der Waals surface area contributed by atoms with E-state index in [-0.39, 0.29) is 16.5 Å². The highest BCUT2D eigenvalue weighted by Crippen LogP contribution is 2.32. The third-order valence-electron chi connectivity index (χ3n) is 4.27. The maximum atomic E-state index is 10.7. The van der Waals surface area contributed by atoms with Crippen LogP contribution in [0, 0.1) is 10.7 Å². The summed E-state index contributed by atoms with van der Waals surface area (Å²) in [5.74, 6) is -1.62. The van der Waals surface area contributed by atoms with Gasteiger partial charge in [-0.15, -0.1) is 0 Å². The fourth-order valence-corrected chi connectivity index (χ4v) is 5.88. The molecule has 4 aromatic carbocycles. The zero-order chi connectivity index (χ0) is 23.1. The lowest BCUT2D eigenvalue weighted by Crippen LogP contribution is -2.05. The molecular formula is C25H17I3O3S. The summed E-state index contributed by atoms with van der Waals surface area (Å²) in [6, 6.07) is 32.2. The van der Waals surface area contributed by atoms with Crippen LogP contribution in [0.4, 0.5) is 0 Å². The van der Waals surface area contributed by atoms with E-state index in [0.29, 0.717) is 0 Å². The maximum Gasteiger partial charge on any atom is 0.335 e. The van der Waals surface area contributed by atoms with E-state index in [0.717, 1.165) is 0 Å². The molecule has 0 spiro atoms. The minimum absolute atomic E-state index is 0.0494. The fraction of sp³-hybridized carbons (Fsp3) is 0. The first-order valence-corrected chi connectivity index (χ1v) is 13.8. The van der Waals surface area contributed by atoms with Gasteiger partial charge in [-0.05, 0) is 147 Å². The molecule has 0 atom stereocenters. The Balaban J connectivity index is 0.000000243. The van der Waals surface area contributed by atoms with Crippen LogP contribution in [0.1, 0.15) is 10.4 Å². The second-order valence-corrected chi connectivity index (χ2v) is 12.2. The summed E-state index contributed by atoms with van der Waals surface area (Å²) in [5, 5.41) is 19.0. The van der Waals surface area contributed by atoms with Crippen LogP contribution in [0.25, 0.3) is 0 Å². The maximum absolute atomic E-state index is 10.7. The Hall–Kier alpha value is -1.31. The van der Waals surface area contributed by atoms with E-state index < -0.39 is 11.7 Å². The van der Waals surface area contributed by atoms with Crippen LogP contribution in [0.15, 0.2) is 112 Å². The molecule has 0 heterocycles. The molecule has 1 N–H and O–H groups in total. The van der Waals surface area contributed by atoms with Gasteiger partial charge in [0.15, 0.2) is 14.7 Å². The van der Waals surface area contributed by atoms with E-state index >= 15 is 0 Å². The molecule has 0 aromatic heterocycles. The topological polar surface area (TPSA) is 60.4 Å². The Morgan fingerprint density at radius 3 is 1.25 bits per heavy atom. The summed E-state index contributed by atoms with van der Waals surface area (Å²) in [4.78, 5) is 14.3. The molecule has 4 aromatic rings. The van der Waals surface area contributed by atoms with Crippen molar-refractivity contribution in [1.29, 1.82) is 0 Å². The van der Waals surface area contributed by atoms with Gasteiger partial charge in [0.1, 0.15) is 0 Å². The molecule has 0 bridgehead atoms. The van der Waals surface area contributed by atoms with Gasteiger partial charge in [-0.2, -0.15) is 0 Å². The molecular weight excluding hydrogens is 761 g/mol. The monoisotopic (exact) mass is 778 g/mol. The van der Waals surface area contributed by atoms with E-state index in [1.165, 1.54) is 49.7 Å². The standard InChI is InChI=1S/C18H12I3S.C7H6O3/c19-13-1-7-16(8-2-13)22(17-9-3-14(20)4-10-17)18-11-5-15(21)6-12-18;8-6-4-2-1-3-5(6)7(9)10/h1-12H;1-4,8H,(H,9,10)/q+1;/p-1. The van der Waals surface area contributed by atoms with E-state index in [9.17, 15) is 9.90 Å². The Bertz CT molecular complexity index is 1070. The van der Waals surface area contributed by atoms with Crippen molar-refractivity contribution in [3.05, 3.63) is 113 Å². The number of benzene rings is 4. The molecule has 0 fully saturated rings. The number of carbonyl (C=O) groups is 1. The zero-order valence-corrected chi connectivity index (χ0v) is 23.8.